The molecule has 0 saturated carbocycles. The van der Waals surface area contributed by atoms with Gasteiger partial charge in [-0.3, -0.25) is 0 Å². The summed E-state index contributed by atoms with van der Waals surface area (Å²) in [6.07, 6.45) is 1.96. The van der Waals surface area contributed by atoms with E-state index in [-0.39, 0.29) is 9.49 Å². The van der Waals surface area contributed by atoms with Crippen molar-refractivity contribution in [3.05, 3.63) is 0 Å². The third-order valence-corrected chi connectivity index (χ3v) is 3.62. The summed E-state index contributed by atoms with van der Waals surface area (Å²) in [5.41, 5.74) is 0. The van der Waals surface area contributed by atoms with Crippen LogP contribution in [0.15, 0.2) is 0 Å². The average molecular weight is 198 g/mol. The molecule has 1 aliphatic rings. The molecule has 0 spiro atoms. The van der Waals surface area contributed by atoms with Crippen molar-refractivity contribution in [2.75, 3.05) is 13.1 Å². The Morgan fingerprint density at radius 1 is 1.31 bits per heavy atom. The van der Waals surface area contributed by atoms with Crippen LogP contribution < -0.4 is 5.32 Å². The van der Waals surface area contributed by atoms with E-state index >= 15 is 0 Å². The highest BCUT2D eigenvalue weighted by Crippen LogP contribution is 2.41. The molecule has 1 heterocycles. The van der Waals surface area contributed by atoms with Crippen LogP contribution >= 0.6 is 11.8 Å². The van der Waals surface area contributed by atoms with Crippen LogP contribution in [0.1, 0.15) is 33.6 Å². The van der Waals surface area contributed by atoms with E-state index < -0.39 is 0 Å². The van der Waals surface area contributed by atoms with Crippen LogP contribution in [0.3, 0.4) is 0 Å². The van der Waals surface area contributed by atoms with Gasteiger partial charge in [-0.15, -0.1) is 11.8 Å². The molecular weight excluding hydrogens is 180 g/mol. The minimum Gasteiger partial charge on any atom is -0.317 e. The van der Waals surface area contributed by atoms with Crippen LogP contribution in [0.25, 0.3) is 0 Å². The molecule has 1 fully saturated rings. The third-order valence-electron chi connectivity index (χ3n) is 2.12. The number of nitriles is 1. The molecule has 0 aromatic carbocycles. The summed E-state index contributed by atoms with van der Waals surface area (Å²) in [6.45, 7) is 8.50. The molecular formula is C10H18N2S. The Balaban J connectivity index is 2.65. The van der Waals surface area contributed by atoms with Gasteiger partial charge in [0, 0.05) is 4.75 Å². The predicted molar refractivity (Wildman–Crippen MR) is 57.8 cm³/mol. The first-order chi connectivity index (χ1) is 5.97. The van der Waals surface area contributed by atoms with Gasteiger partial charge < -0.3 is 5.32 Å². The minimum atomic E-state index is -0.135. The Morgan fingerprint density at radius 3 is 2.23 bits per heavy atom. The molecule has 0 aromatic rings. The fraction of sp³-hybridized carbons (Fsp3) is 0.900. The molecule has 1 N–H and O–H groups in total. The van der Waals surface area contributed by atoms with Crippen LogP contribution in [-0.2, 0) is 0 Å². The Hall–Kier alpha value is -0.200. The summed E-state index contributed by atoms with van der Waals surface area (Å²) in [7, 11) is 0. The number of nitrogens with zero attached hydrogens (tertiary/aromatic N) is 1. The Labute approximate surface area is 85.1 Å². The number of thioether (sulfide) groups is 1. The largest absolute Gasteiger partial charge is 0.317 e. The van der Waals surface area contributed by atoms with Crippen molar-refractivity contribution in [3.63, 3.8) is 0 Å². The van der Waals surface area contributed by atoms with E-state index in [9.17, 15) is 5.26 Å². The Morgan fingerprint density at radius 2 is 1.85 bits per heavy atom. The van der Waals surface area contributed by atoms with Gasteiger partial charge in [-0.25, -0.2) is 0 Å². The lowest BCUT2D eigenvalue weighted by atomic mass is 9.99. The molecule has 3 heteroatoms. The van der Waals surface area contributed by atoms with E-state index in [1.165, 1.54) is 0 Å². The molecule has 2 nitrogen and oxygen atoms in total. The maximum Gasteiger partial charge on any atom is 0.105 e. The Kier molecular flexibility index (Phi) is 3.26. The van der Waals surface area contributed by atoms with E-state index in [0.29, 0.717) is 0 Å². The van der Waals surface area contributed by atoms with Gasteiger partial charge in [0.05, 0.1) is 6.07 Å². The molecule has 0 aliphatic carbocycles. The lowest BCUT2D eigenvalue weighted by molar-refractivity contribution is 0.472. The van der Waals surface area contributed by atoms with Crippen molar-refractivity contribution in [3.8, 4) is 6.07 Å². The second-order valence-electron chi connectivity index (χ2n) is 4.57. The number of rotatable bonds is 1. The highest BCUT2D eigenvalue weighted by atomic mass is 32.2. The molecule has 0 unspecified atom stereocenters. The number of piperidine rings is 1. The van der Waals surface area contributed by atoms with Crippen LogP contribution in [0.2, 0.25) is 0 Å². The van der Waals surface area contributed by atoms with Crippen molar-refractivity contribution in [2.24, 2.45) is 0 Å². The topological polar surface area (TPSA) is 35.8 Å². The maximum atomic E-state index is 9.21. The van der Waals surface area contributed by atoms with Crippen molar-refractivity contribution >= 4 is 11.8 Å². The fourth-order valence-corrected chi connectivity index (χ4v) is 3.28. The average Bonchev–Trinajstić information content (AvgIpc) is 2.03. The van der Waals surface area contributed by atoms with Gasteiger partial charge in [-0.1, -0.05) is 20.8 Å². The van der Waals surface area contributed by atoms with E-state index in [1.54, 1.807) is 0 Å². The zero-order valence-electron chi connectivity index (χ0n) is 8.68. The molecule has 0 bridgehead atoms. The summed E-state index contributed by atoms with van der Waals surface area (Å²) >= 11 is 1.82. The first-order valence-corrected chi connectivity index (χ1v) is 5.61. The van der Waals surface area contributed by atoms with Gasteiger partial charge in [-0.05, 0) is 25.9 Å². The third kappa shape index (κ3) is 3.21. The van der Waals surface area contributed by atoms with Crippen LogP contribution in [-0.4, -0.2) is 22.6 Å². The molecule has 0 atom stereocenters. The quantitative estimate of drug-likeness (QED) is 0.701. The Bertz CT molecular complexity index is 206. The van der Waals surface area contributed by atoms with Crippen molar-refractivity contribution in [1.82, 2.24) is 5.32 Å². The lowest BCUT2D eigenvalue weighted by Gasteiger charge is -2.35. The summed E-state index contributed by atoms with van der Waals surface area (Å²) in [5, 5.41) is 12.5. The second kappa shape index (κ2) is 3.89. The van der Waals surface area contributed by atoms with Gasteiger partial charge in [-0.2, -0.15) is 5.26 Å². The molecule has 13 heavy (non-hydrogen) atoms. The predicted octanol–water partition coefficient (Wildman–Crippen LogP) is 2.16. The summed E-state index contributed by atoms with van der Waals surface area (Å²) in [6, 6.07) is 2.50. The fourth-order valence-electron chi connectivity index (χ4n) is 1.65. The SMILES string of the molecule is CC(C)(C)SC1(C#N)CCNCC1. The summed E-state index contributed by atoms with van der Waals surface area (Å²) in [4.78, 5) is 0. The normalized spacial score (nSPS) is 22.3. The molecule has 0 aromatic heterocycles. The zero-order chi connectivity index (χ0) is 9.95. The first kappa shape index (κ1) is 10.9. The van der Waals surface area contributed by atoms with E-state index in [1.807, 2.05) is 11.8 Å². The van der Waals surface area contributed by atoms with Crippen molar-refractivity contribution < 1.29 is 0 Å². The van der Waals surface area contributed by atoms with Gasteiger partial charge >= 0.3 is 0 Å². The van der Waals surface area contributed by atoms with Crippen LogP contribution in [0.4, 0.5) is 0 Å². The van der Waals surface area contributed by atoms with E-state index in [4.69, 9.17) is 0 Å². The van der Waals surface area contributed by atoms with E-state index in [0.717, 1.165) is 25.9 Å². The van der Waals surface area contributed by atoms with Gasteiger partial charge in [0.15, 0.2) is 0 Å². The number of hydrogen-bond donors (Lipinski definition) is 1. The maximum absolute atomic E-state index is 9.21. The molecule has 1 saturated heterocycles. The first-order valence-electron chi connectivity index (χ1n) is 4.80. The van der Waals surface area contributed by atoms with Gasteiger partial charge in [0.25, 0.3) is 0 Å². The van der Waals surface area contributed by atoms with E-state index in [2.05, 4.69) is 32.2 Å². The zero-order valence-corrected chi connectivity index (χ0v) is 9.50. The summed E-state index contributed by atoms with van der Waals surface area (Å²) < 4.78 is 0.0522. The number of hydrogen-bond acceptors (Lipinski definition) is 3. The van der Waals surface area contributed by atoms with Crippen molar-refractivity contribution in [2.45, 2.75) is 43.1 Å². The minimum absolute atomic E-state index is 0.135. The standard InChI is InChI=1S/C10H18N2S/c1-9(2,3)13-10(8-11)4-6-12-7-5-10/h12H,4-7H2,1-3H3. The molecule has 1 aliphatic heterocycles. The monoisotopic (exact) mass is 198 g/mol. The molecule has 74 valence electrons. The second-order valence-corrected chi connectivity index (χ2v) is 6.78. The van der Waals surface area contributed by atoms with Gasteiger partial charge in [0.2, 0.25) is 0 Å². The highest BCUT2D eigenvalue weighted by molar-refractivity contribution is 8.02. The molecule has 0 amide bonds. The summed E-state index contributed by atoms with van der Waals surface area (Å²) in [5.74, 6) is 0. The van der Waals surface area contributed by atoms with Gasteiger partial charge in [0.1, 0.15) is 4.75 Å². The van der Waals surface area contributed by atoms with Crippen LogP contribution in [0, 0.1) is 11.3 Å². The van der Waals surface area contributed by atoms with Crippen LogP contribution in [0.5, 0.6) is 0 Å². The molecule has 0 radical (unpaired) electrons. The highest BCUT2D eigenvalue weighted by Gasteiger charge is 2.36. The molecule has 1 rings (SSSR count). The van der Waals surface area contributed by atoms with Crippen molar-refractivity contribution in [1.29, 1.82) is 5.26 Å². The number of nitrogens with one attached hydrogen (secondary N) is 1. The lowest BCUT2D eigenvalue weighted by Crippen LogP contribution is -2.40. The smallest absolute Gasteiger partial charge is 0.105 e.